The Labute approximate surface area is 123 Å². The second-order valence-electron chi connectivity index (χ2n) is 4.41. The molecular weight excluding hydrogens is 296 g/mol. The van der Waals surface area contributed by atoms with Gasteiger partial charge < -0.3 is 11.1 Å². The normalized spacial score (nSPS) is 10.2. The topological polar surface area (TPSA) is 78.9 Å². The molecule has 0 aliphatic carbocycles. The minimum absolute atomic E-state index is 0.319. The van der Waals surface area contributed by atoms with Gasteiger partial charge in [0.15, 0.2) is 0 Å². The molecule has 0 saturated heterocycles. The zero-order valence-electron chi connectivity index (χ0n) is 11.3. The Hall–Kier alpha value is -2.46. The van der Waals surface area contributed by atoms with E-state index in [0.29, 0.717) is 16.6 Å². The Morgan fingerprint density at radius 3 is 2.62 bits per heavy atom. The Morgan fingerprint density at radius 2 is 2.00 bits per heavy atom. The molecule has 0 fully saturated rings. The van der Waals surface area contributed by atoms with Crippen molar-refractivity contribution in [2.45, 2.75) is 13.8 Å². The van der Waals surface area contributed by atoms with E-state index in [1.54, 1.807) is 6.92 Å². The van der Waals surface area contributed by atoms with E-state index in [9.17, 15) is 13.6 Å². The second-order valence-corrected chi connectivity index (χ2v) is 5.63. The molecule has 1 amide bonds. The van der Waals surface area contributed by atoms with Crippen LogP contribution in [0.4, 0.5) is 19.5 Å². The summed E-state index contributed by atoms with van der Waals surface area (Å²) in [5.41, 5.74) is 5.74. The number of rotatable bonds is 2. The summed E-state index contributed by atoms with van der Waals surface area (Å²) in [6, 6.07) is 3.48. The molecule has 2 rings (SSSR count). The van der Waals surface area contributed by atoms with Crippen molar-refractivity contribution in [3.05, 3.63) is 45.3 Å². The number of anilines is 2. The maximum absolute atomic E-state index is 13.6. The molecule has 1 aromatic heterocycles. The Morgan fingerprint density at radius 1 is 1.33 bits per heavy atom. The van der Waals surface area contributed by atoms with Gasteiger partial charge in [-0.05, 0) is 25.5 Å². The average Bonchev–Trinajstić information content (AvgIpc) is 2.68. The van der Waals surface area contributed by atoms with Gasteiger partial charge in [0, 0.05) is 10.9 Å². The number of nitrogens with one attached hydrogen (secondary N) is 1. The number of nitrogens with two attached hydrogens (primary N) is 1. The number of nitriles is 1. The van der Waals surface area contributed by atoms with Crippen molar-refractivity contribution in [2.24, 2.45) is 0 Å². The Kier molecular flexibility index (Phi) is 3.91. The molecular formula is C14H11F2N3OS. The molecule has 108 valence electrons. The van der Waals surface area contributed by atoms with Crippen LogP contribution >= 0.6 is 11.3 Å². The summed E-state index contributed by atoms with van der Waals surface area (Å²) in [6.45, 7) is 3.57. The van der Waals surface area contributed by atoms with Crippen molar-refractivity contribution < 1.29 is 13.6 Å². The highest BCUT2D eigenvalue weighted by atomic mass is 32.1. The van der Waals surface area contributed by atoms with E-state index < -0.39 is 17.5 Å². The number of hydrogen-bond acceptors (Lipinski definition) is 4. The molecule has 0 radical (unpaired) electrons. The van der Waals surface area contributed by atoms with Crippen LogP contribution in [0.15, 0.2) is 12.1 Å². The van der Waals surface area contributed by atoms with E-state index in [4.69, 9.17) is 11.0 Å². The molecule has 0 atom stereocenters. The minimum Gasteiger partial charge on any atom is -0.396 e. The molecule has 4 nitrogen and oxygen atoms in total. The first-order valence-electron chi connectivity index (χ1n) is 5.91. The molecule has 1 aromatic carbocycles. The van der Waals surface area contributed by atoms with Crippen LogP contribution in [0.1, 0.15) is 26.4 Å². The monoisotopic (exact) mass is 307 g/mol. The number of thiophene rings is 1. The summed E-state index contributed by atoms with van der Waals surface area (Å²) in [5.74, 6) is -2.72. The number of hydrogen-bond donors (Lipinski definition) is 2. The van der Waals surface area contributed by atoms with Crippen molar-refractivity contribution in [2.75, 3.05) is 11.1 Å². The van der Waals surface area contributed by atoms with Gasteiger partial charge in [-0.15, -0.1) is 11.3 Å². The van der Waals surface area contributed by atoms with Gasteiger partial charge in [-0.2, -0.15) is 5.26 Å². The maximum Gasteiger partial charge on any atom is 0.259 e. The number of nitrogen functional groups attached to an aromatic ring is 1. The lowest BCUT2D eigenvalue weighted by Crippen LogP contribution is -2.14. The number of halogens is 2. The summed E-state index contributed by atoms with van der Waals surface area (Å²) in [4.78, 5) is 12.9. The summed E-state index contributed by atoms with van der Waals surface area (Å²) >= 11 is 1.22. The van der Waals surface area contributed by atoms with Gasteiger partial charge in [0.2, 0.25) is 0 Å². The molecule has 0 saturated carbocycles. The zero-order valence-corrected chi connectivity index (χ0v) is 12.1. The number of aryl methyl sites for hydroxylation is 1. The highest BCUT2D eigenvalue weighted by Crippen LogP contribution is 2.32. The van der Waals surface area contributed by atoms with Crippen LogP contribution in [0.5, 0.6) is 0 Å². The third-order valence-electron chi connectivity index (χ3n) is 3.06. The number of carbonyl (C=O) groups excluding carboxylic acids is 1. The van der Waals surface area contributed by atoms with E-state index in [0.717, 1.165) is 16.5 Å². The maximum atomic E-state index is 13.6. The Bertz CT molecular complexity index is 778. The molecule has 0 spiro atoms. The van der Waals surface area contributed by atoms with Gasteiger partial charge in [0.05, 0.1) is 16.8 Å². The molecule has 1 heterocycles. The minimum atomic E-state index is -1.01. The van der Waals surface area contributed by atoms with E-state index in [1.807, 2.05) is 13.0 Å². The smallest absolute Gasteiger partial charge is 0.259 e. The summed E-state index contributed by atoms with van der Waals surface area (Å²) in [7, 11) is 0. The quantitative estimate of drug-likeness (QED) is 0.835. The van der Waals surface area contributed by atoms with Gasteiger partial charge in [-0.1, -0.05) is 0 Å². The zero-order chi connectivity index (χ0) is 15.7. The van der Waals surface area contributed by atoms with Crippen LogP contribution in [0.2, 0.25) is 0 Å². The molecule has 0 aliphatic rings. The highest BCUT2D eigenvalue weighted by molar-refractivity contribution is 7.16. The fourth-order valence-electron chi connectivity index (χ4n) is 1.76. The van der Waals surface area contributed by atoms with Gasteiger partial charge in [0.25, 0.3) is 5.91 Å². The van der Waals surface area contributed by atoms with E-state index >= 15 is 0 Å². The fourth-order valence-corrected chi connectivity index (χ4v) is 2.77. The first-order chi connectivity index (χ1) is 9.85. The highest BCUT2D eigenvalue weighted by Gasteiger charge is 2.19. The number of carbonyl (C=O) groups is 1. The summed E-state index contributed by atoms with van der Waals surface area (Å²) in [5, 5.41) is 11.9. The van der Waals surface area contributed by atoms with Crippen LogP contribution in [0.3, 0.4) is 0 Å². The fraction of sp³-hybridized carbons (Fsp3) is 0.143. The molecule has 0 bridgehead atoms. The summed E-state index contributed by atoms with van der Waals surface area (Å²) in [6.07, 6.45) is 0. The predicted octanol–water partition coefficient (Wildman–Crippen LogP) is 3.35. The van der Waals surface area contributed by atoms with Crippen LogP contribution in [-0.2, 0) is 0 Å². The first kappa shape index (κ1) is 14.9. The van der Waals surface area contributed by atoms with Crippen LogP contribution in [0.25, 0.3) is 0 Å². The third-order valence-corrected chi connectivity index (χ3v) is 4.18. The predicted molar refractivity (Wildman–Crippen MR) is 77.2 cm³/mol. The number of nitrogens with zero attached hydrogens (tertiary/aromatic N) is 1. The summed E-state index contributed by atoms with van der Waals surface area (Å²) < 4.78 is 26.7. The van der Waals surface area contributed by atoms with Crippen molar-refractivity contribution in [1.82, 2.24) is 0 Å². The molecule has 0 unspecified atom stereocenters. The first-order valence-corrected chi connectivity index (χ1v) is 6.72. The van der Waals surface area contributed by atoms with Crippen molar-refractivity contribution in [3.8, 4) is 6.07 Å². The van der Waals surface area contributed by atoms with Crippen molar-refractivity contribution in [3.63, 3.8) is 0 Å². The molecule has 21 heavy (non-hydrogen) atoms. The molecule has 7 heteroatoms. The van der Waals surface area contributed by atoms with Crippen LogP contribution in [-0.4, -0.2) is 5.91 Å². The second kappa shape index (κ2) is 5.50. The van der Waals surface area contributed by atoms with Gasteiger partial charge >= 0.3 is 0 Å². The van der Waals surface area contributed by atoms with Gasteiger partial charge in [0.1, 0.15) is 22.7 Å². The van der Waals surface area contributed by atoms with Crippen molar-refractivity contribution in [1.29, 1.82) is 5.26 Å². The van der Waals surface area contributed by atoms with Gasteiger partial charge in [-0.3, -0.25) is 4.79 Å². The van der Waals surface area contributed by atoms with E-state index in [1.165, 1.54) is 11.3 Å². The third kappa shape index (κ3) is 2.71. The number of benzene rings is 1. The van der Waals surface area contributed by atoms with E-state index in [-0.39, 0.29) is 11.3 Å². The standard InChI is InChI=1S/C14H11F2N3OS/c1-6-7(2)21-14(9(6)5-17)19-13(20)8-3-12(18)11(16)4-10(8)15/h3-4H,18H2,1-2H3,(H,19,20). The van der Waals surface area contributed by atoms with Crippen molar-refractivity contribution >= 4 is 27.9 Å². The lowest BCUT2D eigenvalue weighted by Gasteiger charge is -2.06. The largest absolute Gasteiger partial charge is 0.396 e. The Balaban J connectivity index is 2.38. The molecule has 2 aromatic rings. The lowest BCUT2D eigenvalue weighted by molar-refractivity contribution is 0.102. The van der Waals surface area contributed by atoms with Crippen LogP contribution < -0.4 is 11.1 Å². The van der Waals surface area contributed by atoms with Crippen LogP contribution in [0, 0.1) is 36.8 Å². The van der Waals surface area contributed by atoms with Gasteiger partial charge in [-0.25, -0.2) is 8.78 Å². The molecule has 0 aliphatic heterocycles. The average molecular weight is 307 g/mol. The molecule has 3 N–H and O–H groups in total. The lowest BCUT2D eigenvalue weighted by atomic mass is 10.1. The SMILES string of the molecule is Cc1sc(NC(=O)c2cc(N)c(F)cc2F)c(C#N)c1C. The van der Waals surface area contributed by atoms with E-state index in [2.05, 4.69) is 5.32 Å². The number of amides is 1.